The number of anilines is 3. The molecule has 2 aliphatic heterocycles. The first-order valence-corrected chi connectivity index (χ1v) is 11.2. The van der Waals surface area contributed by atoms with Gasteiger partial charge in [-0.05, 0) is 57.6 Å². The van der Waals surface area contributed by atoms with Crippen molar-refractivity contribution in [1.29, 1.82) is 0 Å². The molecule has 1 aromatic heterocycles. The highest BCUT2D eigenvalue weighted by atomic mass is 16.5. The van der Waals surface area contributed by atoms with Crippen LogP contribution in [0.15, 0.2) is 23.3 Å². The summed E-state index contributed by atoms with van der Waals surface area (Å²) >= 11 is 0. The lowest BCUT2D eigenvalue weighted by atomic mass is 10.1. The van der Waals surface area contributed by atoms with Crippen LogP contribution in [0, 0.1) is 0 Å². The summed E-state index contributed by atoms with van der Waals surface area (Å²) in [7, 11) is 0. The number of hydrogen-bond acceptors (Lipinski definition) is 9. The van der Waals surface area contributed by atoms with Crippen LogP contribution in [0.4, 0.5) is 17.8 Å². The van der Waals surface area contributed by atoms with Crippen molar-refractivity contribution in [1.82, 2.24) is 15.0 Å². The van der Waals surface area contributed by atoms with Gasteiger partial charge in [-0.25, -0.2) is 5.43 Å². The molecule has 31 heavy (non-hydrogen) atoms. The zero-order valence-corrected chi connectivity index (χ0v) is 18.1. The van der Waals surface area contributed by atoms with Crippen molar-refractivity contribution in [3.05, 3.63) is 23.8 Å². The topological polar surface area (TPSA) is 99.0 Å². The Labute approximate surface area is 183 Å². The van der Waals surface area contributed by atoms with Crippen LogP contribution >= 0.6 is 0 Å². The number of aromatic hydroxyl groups is 1. The maximum absolute atomic E-state index is 10.3. The van der Waals surface area contributed by atoms with Crippen molar-refractivity contribution in [2.45, 2.75) is 45.4 Å². The van der Waals surface area contributed by atoms with Gasteiger partial charge >= 0.3 is 0 Å². The fourth-order valence-corrected chi connectivity index (χ4v) is 3.95. The van der Waals surface area contributed by atoms with Gasteiger partial charge in [-0.3, -0.25) is 0 Å². The number of aromatic nitrogens is 3. The molecule has 0 spiro atoms. The Bertz CT molecular complexity index is 857. The normalized spacial score (nSPS) is 17.2. The van der Waals surface area contributed by atoms with E-state index in [2.05, 4.69) is 30.3 Å². The van der Waals surface area contributed by atoms with Crippen LogP contribution in [0.25, 0.3) is 0 Å². The standard InChI is InChI=1S/C22H31N7O2/c1-2-31-18-11-9-10-17(19(18)30)16-23-27-20-24-21(28-12-5-3-6-13-28)26-22(25-20)29-14-7-4-8-15-29/h9-11,16,30H,2-8,12-15H2,1H3,(H,24,25,26,27)/b23-16+. The highest BCUT2D eigenvalue weighted by Crippen LogP contribution is 2.28. The number of nitrogens with one attached hydrogen (secondary N) is 1. The van der Waals surface area contributed by atoms with Gasteiger partial charge in [-0.15, -0.1) is 0 Å². The quantitative estimate of drug-likeness (QED) is 0.514. The van der Waals surface area contributed by atoms with Gasteiger partial charge < -0.3 is 19.6 Å². The second-order valence-electron chi connectivity index (χ2n) is 7.85. The van der Waals surface area contributed by atoms with Crippen molar-refractivity contribution < 1.29 is 9.84 Å². The Balaban J connectivity index is 1.55. The summed E-state index contributed by atoms with van der Waals surface area (Å²) in [6, 6.07) is 5.32. The Morgan fingerprint density at radius 2 is 1.58 bits per heavy atom. The Kier molecular flexibility index (Phi) is 7.01. The van der Waals surface area contributed by atoms with E-state index in [0.29, 0.717) is 35.8 Å². The lowest BCUT2D eigenvalue weighted by Crippen LogP contribution is -2.34. The van der Waals surface area contributed by atoms with Gasteiger partial charge in [0.05, 0.1) is 12.8 Å². The number of hydrazone groups is 1. The van der Waals surface area contributed by atoms with E-state index in [9.17, 15) is 5.11 Å². The summed E-state index contributed by atoms with van der Waals surface area (Å²) in [5, 5.41) is 14.6. The minimum absolute atomic E-state index is 0.0635. The lowest BCUT2D eigenvalue weighted by molar-refractivity contribution is 0.318. The van der Waals surface area contributed by atoms with Crippen LogP contribution in [0.2, 0.25) is 0 Å². The highest BCUT2D eigenvalue weighted by Gasteiger charge is 2.20. The summed E-state index contributed by atoms with van der Waals surface area (Å²) in [5.74, 6) is 2.32. The SMILES string of the molecule is CCOc1cccc(/C=N/Nc2nc(N3CCCCC3)nc(N3CCCCC3)n2)c1O. The third kappa shape index (κ3) is 5.34. The zero-order valence-electron chi connectivity index (χ0n) is 18.1. The molecule has 0 atom stereocenters. The maximum atomic E-state index is 10.3. The number of benzene rings is 1. The number of phenols is 1. The van der Waals surface area contributed by atoms with Crippen molar-refractivity contribution in [2.75, 3.05) is 48.0 Å². The second kappa shape index (κ2) is 10.3. The van der Waals surface area contributed by atoms with Crippen LogP contribution in [0.5, 0.6) is 11.5 Å². The predicted molar refractivity (Wildman–Crippen MR) is 122 cm³/mol. The Hall–Kier alpha value is -3.10. The molecule has 9 heteroatoms. The smallest absolute Gasteiger partial charge is 0.250 e. The van der Waals surface area contributed by atoms with Gasteiger partial charge in [0.2, 0.25) is 17.8 Å². The van der Waals surface area contributed by atoms with E-state index >= 15 is 0 Å². The third-order valence-electron chi connectivity index (χ3n) is 5.59. The van der Waals surface area contributed by atoms with Gasteiger partial charge in [0.1, 0.15) is 0 Å². The molecule has 0 bridgehead atoms. The number of para-hydroxylation sites is 1. The molecule has 9 nitrogen and oxygen atoms in total. The average molecular weight is 426 g/mol. The van der Waals surface area contributed by atoms with Gasteiger partial charge in [0, 0.05) is 31.7 Å². The molecule has 0 aliphatic carbocycles. The number of piperidine rings is 2. The van der Waals surface area contributed by atoms with Crippen molar-refractivity contribution in [2.24, 2.45) is 5.10 Å². The van der Waals surface area contributed by atoms with Gasteiger partial charge in [0.15, 0.2) is 11.5 Å². The van der Waals surface area contributed by atoms with Gasteiger partial charge in [-0.2, -0.15) is 20.1 Å². The molecule has 3 heterocycles. The fraction of sp³-hybridized carbons (Fsp3) is 0.545. The summed E-state index contributed by atoms with van der Waals surface area (Å²) in [6.45, 7) is 6.21. The van der Waals surface area contributed by atoms with Crippen molar-refractivity contribution in [3.8, 4) is 11.5 Å². The van der Waals surface area contributed by atoms with Crippen LogP contribution in [-0.4, -0.2) is 59.1 Å². The van der Waals surface area contributed by atoms with E-state index in [4.69, 9.17) is 9.72 Å². The molecule has 0 saturated carbocycles. The number of phenolic OH excluding ortho intramolecular Hbond substituents is 1. The molecule has 2 fully saturated rings. The van der Waals surface area contributed by atoms with E-state index in [-0.39, 0.29) is 5.75 Å². The molecule has 0 amide bonds. The fourth-order valence-electron chi connectivity index (χ4n) is 3.95. The third-order valence-corrected chi connectivity index (χ3v) is 5.59. The predicted octanol–water partition coefficient (Wildman–Crippen LogP) is 3.40. The van der Waals surface area contributed by atoms with E-state index < -0.39 is 0 Å². The first kappa shape index (κ1) is 21.1. The second-order valence-corrected chi connectivity index (χ2v) is 7.85. The average Bonchev–Trinajstić information content (AvgIpc) is 2.82. The molecule has 0 unspecified atom stereocenters. The van der Waals surface area contributed by atoms with E-state index in [1.54, 1.807) is 18.3 Å². The minimum Gasteiger partial charge on any atom is -0.504 e. The molecule has 2 N–H and O–H groups in total. The number of rotatable bonds is 7. The summed E-state index contributed by atoms with van der Waals surface area (Å²) in [6.07, 6.45) is 8.66. The summed E-state index contributed by atoms with van der Waals surface area (Å²) in [4.78, 5) is 18.5. The van der Waals surface area contributed by atoms with Crippen LogP contribution in [0.3, 0.4) is 0 Å². The monoisotopic (exact) mass is 425 g/mol. The molecule has 2 aromatic rings. The van der Waals surface area contributed by atoms with Gasteiger partial charge in [-0.1, -0.05) is 6.07 Å². The molecular formula is C22H31N7O2. The van der Waals surface area contributed by atoms with Crippen molar-refractivity contribution in [3.63, 3.8) is 0 Å². The molecule has 1 aromatic carbocycles. The minimum atomic E-state index is 0.0635. The lowest BCUT2D eigenvalue weighted by Gasteiger charge is -2.30. The first-order chi connectivity index (χ1) is 15.2. The highest BCUT2D eigenvalue weighted by molar-refractivity contribution is 5.85. The van der Waals surface area contributed by atoms with Crippen LogP contribution in [-0.2, 0) is 0 Å². The molecule has 166 valence electrons. The molecule has 2 aliphatic rings. The zero-order chi connectivity index (χ0) is 21.5. The van der Waals surface area contributed by atoms with E-state index in [1.807, 2.05) is 13.0 Å². The number of nitrogens with zero attached hydrogens (tertiary/aromatic N) is 6. The summed E-state index contributed by atoms with van der Waals surface area (Å²) in [5.41, 5.74) is 3.49. The number of hydrogen-bond donors (Lipinski definition) is 2. The van der Waals surface area contributed by atoms with E-state index in [0.717, 1.165) is 51.9 Å². The molecule has 0 radical (unpaired) electrons. The van der Waals surface area contributed by atoms with Crippen LogP contribution in [0.1, 0.15) is 51.0 Å². The van der Waals surface area contributed by atoms with E-state index in [1.165, 1.54) is 12.8 Å². The Morgan fingerprint density at radius 1 is 0.968 bits per heavy atom. The van der Waals surface area contributed by atoms with Crippen molar-refractivity contribution >= 4 is 24.1 Å². The van der Waals surface area contributed by atoms with Gasteiger partial charge in [0.25, 0.3) is 0 Å². The van der Waals surface area contributed by atoms with Crippen LogP contribution < -0.4 is 20.0 Å². The Morgan fingerprint density at radius 3 is 2.16 bits per heavy atom. The number of ether oxygens (including phenoxy) is 1. The molecule has 4 rings (SSSR count). The molecular weight excluding hydrogens is 394 g/mol. The summed E-state index contributed by atoms with van der Waals surface area (Å²) < 4.78 is 5.43. The molecule has 2 saturated heterocycles. The largest absolute Gasteiger partial charge is 0.504 e. The first-order valence-electron chi connectivity index (χ1n) is 11.2. The maximum Gasteiger partial charge on any atom is 0.250 e.